The standard InChI is InChI=1S/C21H17ClFN/c22-17-8-6-16(7-9-17)21-14-20(15-4-2-1-3-5-15)24(21)19-12-10-18(23)11-13-19/h1-13,20-21H,14H2/t20-,21+/m1/s1. The van der Waals surface area contributed by atoms with Gasteiger partial charge in [-0.3, -0.25) is 0 Å². The summed E-state index contributed by atoms with van der Waals surface area (Å²) in [6.07, 6.45) is 1.03. The van der Waals surface area contributed by atoms with E-state index in [0.29, 0.717) is 6.04 Å². The molecule has 0 bridgehead atoms. The molecule has 3 heteroatoms. The molecule has 1 heterocycles. The third kappa shape index (κ3) is 2.78. The van der Waals surface area contributed by atoms with E-state index in [1.54, 1.807) is 0 Å². The summed E-state index contributed by atoms with van der Waals surface area (Å²) >= 11 is 6.02. The Bertz CT molecular complexity index is 815. The molecule has 1 aliphatic rings. The van der Waals surface area contributed by atoms with E-state index in [1.165, 1.54) is 23.3 Å². The Balaban J connectivity index is 1.70. The summed E-state index contributed by atoms with van der Waals surface area (Å²) in [5.41, 5.74) is 3.55. The zero-order valence-electron chi connectivity index (χ0n) is 13.1. The zero-order valence-corrected chi connectivity index (χ0v) is 13.8. The lowest BCUT2D eigenvalue weighted by molar-refractivity contribution is 0.353. The summed E-state index contributed by atoms with van der Waals surface area (Å²) < 4.78 is 13.3. The predicted octanol–water partition coefficient (Wildman–Crippen LogP) is 6.17. The highest BCUT2D eigenvalue weighted by Gasteiger charge is 2.40. The molecule has 4 rings (SSSR count). The molecule has 0 aliphatic carbocycles. The van der Waals surface area contributed by atoms with Crippen molar-refractivity contribution in [3.05, 3.63) is 101 Å². The summed E-state index contributed by atoms with van der Waals surface area (Å²) in [7, 11) is 0. The maximum absolute atomic E-state index is 13.3. The van der Waals surface area contributed by atoms with Crippen molar-refractivity contribution in [2.75, 3.05) is 4.90 Å². The van der Waals surface area contributed by atoms with Crippen molar-refractivity contribution in [3.63, 3.8) is 0 Å². The molecule has 1 nitrogen and oxygen atoms in total. The topological polar surface area (TPSA) is 3.24 Å². The molecule has 3 aromatic rings. The second-order valence-electron chi connectivity index (χ2n) is 6.11. The van der Waals surface area contributed by atoms with E-state index in [9.17, 15) is 4.39 Å². The molecule has 0 saturated carbocycles. The number of anilines is 1. The minimum atomic E-state index is -0.210. The van der Waals surface area contributed by atoms with E-state index < -0.39 is 0 Å². The predicted molar refractivity (Wildman–Crippen MR) is 96.9 cm³/mol. The van der Waals surface area contributed by atoms with Crippen molar-refractivity contribution in [2.45, 2.75) is 18.5 Å². The molecule has 120 valence electrons. The quantitative estimate of drug-likeness (QED) is 0.552. The van der Waals surface area contributed by atoms with Gasteiger partial charge < -0.3 is 4.90 Å². The number of hydrogen-bond acceptors (Lipinski definition) is 1. The molecular formula is C21H17ClFN. The smallest absolute Gasteiger partial charge is 0.123 e. The molecule has 0 spiro atoms. The van der Waals surface area contributed by atoms with Gasteiger partial charge in [-0.05, 0) is 53.9 Å². The fraction of sp³-hybridized carbons (Fsp3) is 0.143. The molecule has 0 radical (unpaired) electrons. The van der Waals surface area contributed by atoms with Gasteiger partial charge in [-0.1, -0.05) is 54.1 Å². The van der Waals surface area contributed by atoms with E-state index in [1.807, 2.05) is 30.3 Å². The van der Waals surface area contributed by atoms with Gasteiger partial charge in [0.25, 0.3) is 0 Å². The van der Waals surface area contributed by atoms with Gasteiger partial charge in [-0.2, -0.15) is 0 Å². The lowest BCUT2D eigenvalue weighted by Crippen LogP contribution is -2.44. The van der Waals surface area contributed by atoms with E-state index in [4.69, 9.17) is 11.6 Å². The van der Waals surface area contributed by atoms with Gasteiger partial charge in [-0.25, -0.2) is 4.39 Å². The summed E-state index contributed by atoms with van der Waals surface area (Å²) in [6, 6.07) is 25.8. The minimum absolute atomic E-state index is 0.210. The molecule has 1 aliphatic heterocycles. The van der Waals surface area contributed by atoms with Crippen molar-refractivity contribution in [3.8, 4) is 0 Å². The average molecular weight is 338 g/mol. The van der Waals surface area contributed by atoms with Crippen LogP contribution in [-0.4, -0.2) is 0 Å². The maximum atomic E-state index is 13.3. The molecule has 1 fully saturated rings. The Morgan fingerprint density at radius 1 is 0.750 bits per heavy atom. The normalized spacial score (nSPS) is 19.8. The van der Waals surface area contributed by atoms with Gasteiger partial charge >= 0.3 is 0 Å². The first kappa shape index (κ1) is 15.2. The van der Waals surface area contributed by atoms with Crippen molar-refractivity contribution in [1.82, 2.24) is 0 Å². The van der Waals surface area contributed by atoms with E-state index in [0.717, 1.165) is 17.1 Å². The summed E-state index contributed by atoms with van der Waals surface area (Å²) in [6.45, 7) is 0. The Kier molecular flexibility index (Phi) is 3.99. The fourth-order valence-electron chi connectivity index (χ4n) is 3.44. The minimum Gasteiger partial charge on any atom is -0.357 e. The van der Waals surface area contributed by atoms with Crippen LogP contribution in [-0.2, 0) is 0 Å². The highest BCUT2D eigenvalue weighted by molar-refractivity contribution is 6.30. The largest absolute Gasteiger partial charge is 0.357 e. The first-order valence-corrected chi connectivity index (χ1v) is 8.44. The number of nitrogens with zero attached hydrogens (tertiary/aromatic N) is 1. The van der Waals surface area contributed by atoms with Crippen LogP contribution < -0.4 is 4.90 Å². The van der Waals surface area contributed by atoms with Crippen LogP contribution in [0.2, 0.25) is 5.02 Å². The van der Waals surface area contributed by atoms with Crippen molar-refractivity contribution >= 4 is 17.3 Å². The lowest BCUT2D eigenvalue weighted by Gasteiger charge is -2.51. The van der Waals surface area contributed by atoms with E-state index in [-0.39, 0.29) is 11.9 Å². The lowest BCUT2D eigenvalue weighted by atomic mass is 9.83. The molecule has 0 unspecified atom stereocenters. The Morgan fingerprint density at radius 2 is 1.33 bits per heavy atom. The molecular weight excluding hydrogens is 321 g/mol. The van der Waals surface area contributed by atoms with E-state index >= 15 is 0 Å². The number of halogens is 2. The molecule has 0 aromatic heterocycles. The van der Waals surface area contributed by atoms with Crippen molar-refractivity contribution in [2.24, 2.45) is 0 Å². The SMILES string of the molecule is Fc1ccc(N2[C@@H](c3ccccc3)C[C@H]2c2ccc(Cl)cc2)cc1. The second kappa shape index (κ2) is 6.29. The highest BCUT2D eigenvalue weighted by Crippen LogP contribution is 2.50. The van der Waals surface area contributed by atoms with Crippen LogP contribution in [0.15, 0.2) is 78.9 Å². The van der Waals surface area contributed by atoms with Gasteiger partial charge in [0.15, 0.2) is 0 Å². The number of hydrogen-bond donors (Lipinski definition) is 0. The Morgan fingerprint density at radius 3 is 1.96 bits per heavy atom. The average Bonchev–Trinajstić information content (AvgIpc) is 2.59. The van der Waals surface area contributed by atoms with Gasteiger partial charge in [0.1, 0.15) is 5.82 Å². The second-order valence-corrected chi connectivity index (χ2v) is 6.55. The van der Waals surface area contributed by atoms with Gasteiger partial charge in [-0.15, -0.1) is 0 Å². The van der Waals surface area contributed by atoms with Gasteiger partial charge in [0.05, 0.1) is 12.1 Å². The first-order chi connectivity index (χ1) is 11.7. The molecule has 24 heavy (non-hydrogen) atoms. The van der Waals surface area contributed by atoms with Gasteiger partial charge in [0.2, 0.25) is 0 Å². The van der Waals surface area contributed by atoms with E-state index in [2.05, 4.69) is 41.3 Å². The summed E-state index contributed by atoms with van der Waals surface area (Å²) in [5.74, 6) is -0.210. The van der Waals surface area contributed by atoms with Crippen LogP contribution in [0.3, 0.4) is 0 Å². The Hall–Kier alpha value is -2.32. The van der Waals surface area contributed by atoms with Crippen molar-refractivity contribution in [1.29, 1.82) is 0 Å². The first-order valence-electron chi connectivity index (χ1n) is 8.07. The molecule has 3 aromatic carbocycles. The van der Waals surface area contributed by atoms with Crippen LogP contribution in [0.25, 0.3) is 0 Å². The summed E-state index contributed by atoms with van der Waals surface area (Å²) in [5, 5.41) is 0.742. The third-order valence-corrected chi connectivity index (χ3v) is 4.93. The van der Waals surface area contributed by atoms with Crippen LogP contribution in [0, 0.1) is 5.82 Å². The fourth-order valence-corrected chi connectivity index (χ4v) is 3.57. The molecule has 0 amide bonds. The summed E-state index contributed by atoms with van der Waals surface area (Å²) in [4.78, 5) is 2.36. The number of rotatable bonds is 3. The van der Waals surface area contributed by atoms with Crippen LogP contribution in [0.4, 0.5) is 10.1 Å². The molecule has 0 N–H and O–H groups in total. The zero-order chi connectivity index (χ0) is 16.5. The van der Waals surface area contributed by atoms with Crippen LogP contribution in [0.1, 0.15) is 29.6 Å². The van der Waals surface area contributed by atoms with Crippen molar-refractivity contribution < 1.29 is 4.39 Å². The molecule has 1 saturated heterocycles. The van der Waals surface area contributed by atoms with Crippen LogP contribution >= 0.6 is 11.6 Å². The van der Waals surface area contributed by atoms with Gasteiger partial charge in [0, 0.05) is 10.7 Å². The van der Waals surface area contributed by atoms with Crippen LogP contribution in [0.5, 0.6) is 0 Å². The Labute approximate surface area is 146 Å². The number of benzene rings is 3. The third-order valence-electron chi connectivity index (χ3n) is 4.68. The highest BCUT2D eigenvalue weighted by atomic mass is 35.5. The maximum Gasteiger partial charge on any atom is 0.123 e. The molecule has 2 atom stereocenters. The monoisotopic (exact) mass is 337 g/mol.